The van der Waals surface area contributed by atoms with Crippen LogP contribution in [0.3, 0.4) is 0 Å². The Labute approximate surface area is 213 Å². The molecule has 3 aromatic heterocycles. The predicted molar refractivity (Wildman–Crippen MR) is 138 cm³/mol. The maximum absolute atomic E-state index is 13.5. The molecule has 11 heteroatoms. The molecular formula is C25H29N7O3S. The van der Waals surface area contributed by atoms with Gasteiger partial charge in [-0.3, -0.25) is 14.7 Å². The fourth-order valence-electron chi connectivity index (χ4n) is 4.85. The summed E-state index contributed by atoms with van der Waals surface area (Å²) in [6.07, 6.45) is 8.46. The second-order valence-electron chi connectivity index (χ2n) is 9.75. The van der Waals surface area contributed by atoms with Gasteiger partial charge < -0.3 is 14.9 Å². The minimum absolute atomic E-state index is 0.0953. The van der Waals surface area contributed by atoms with E-state index < -0.39 is 5.60 Å². The van der Waals surface area contributed by atoms with Crippen LogP contribution in [0.2, 0.25) is 0 Å². The number of urea groups is 1. The number of anilines is 1. The highest BCUT2D eigenvalue weighted by Gasteiger charge is 2.39. The molecule has 2 aliphatic heterocycles. The molecule has 0 aliphatic carbocycles. The lowest BCUT2D eigenvalue weighted by molar-refractivity contribution is -0.148. The Hall–Kier alpha value is -3.31. The first-order chi connectivity index (χ1) is 17.2. The summed E-state index contributed by atoms with van der Waals surface area (Å²) in [7, 11) is 1.78. The summed E-state index contributed by atoms with van der Waals surface area (Å²) in [5.74, 6) is -0.292. The molecule has 3 aromatic rings. The summed E-state index contributed by atoms with van der Waals surface area (Å²) >= 11 is 1.47. The van der Waals surface area contributed by atoms with Crippen LogP contribution in [-0.2, 0) is 11.3 Å². The molecule has 0 bridgehead atoms. The van der Waals surface area contributed by atoms with Gasteiger partial charge in [0.2, 0.25) is 0 Å². The van der Waals surface area contributed by atoms with E-state index in [1.807, 2.05) is 29.5 Å². The molecule has 1 saturated heterocycles. The molecule has 0 unspecified atom stereocenters. The van der Waals surface area contributed by atoms with Crippen LogP contribution >= 0.6 is 11.8 Å². The first-order valence-electron chi connectivity index (χ1n) is 11.9. The number of carbonyl (C=O) groups is 2. The van der Waals surface area contributed by atoms with Gasteiger partial charge in [0.05, 0.1) is 23.4 Å². The molecule has 10 nitrogen and oxygen atoms in total. The first-order valence-corrected chi connectivity index (χ1v) is 13.1. The van der Waals surface area contributed by atoms with Gasteiger partial charge in [-0.2, -0.15) is 0 Å². The van der Waals surface area contributed by atoms with Crippen molar-refractivity contribution in [3.8, 4) is 11.3 Å². The van der Waals surface area contributed by atoms with Crippen LogP contribution in [0, 0.1) is 0 Å². The second-order valence-corrected chi connectivity index (χ2v) is 10.5. The number of nitrogens with zero attached hydrogens (tertiary/aromatic N) is 7. The van der Waals surface area contributed by atoms with Crippen molar-refractivity contribution in [1.82, 2.24) is 29.7 Å². The van der Waals surface area contributed by atoms with Crippen LogP contribution in [0.4, 0.5) is 10.5 Å². The summed E-state index contributed by atoms with van der Waals surface area (Å²) in [6, 6.07) is 3.60. The van der Waals surface area contributed by atoms with E-state index >= 15 is 0 Å². The zero-order valence-electron chi connectivity index (χ0n) is 20.8. The number of hydrogen-bond donors (Lipinski definition) is 1. The number of amides is 3. The fraction of sp³-hybridized carbons (Fsp3) is 0.440. The van der Waals surface area contributed by atoms with Gasteiger partial charge in [-0.1, -0.05) is 11.8 Å². The lowest BCUT2D eigenvalue weighted by Crippen LogP contribution is -2.56. The zero-order valence-corrected chi connectivity index (χ0v) is 21.6. The Balaban J connectivity index is 1.53. The molecule has 0 aromatic carbocycles. The number of fused-ring (bicyclic) bond motifs is 3. The first kappa shape index (κ1) is 24.4. The highest BCUT2D eigenvalue weighted by Crippen LogP contribution is 2.38. The number of carbonyl (C=O) groups excluding carboxylic acids is 2. The molecule has 5 rings (SSSR count). The molecule has 2 aliphatic rings. The molecule has 5 heterocycles. The Bertz CT molecular complexity index is 1320. The van der Waals surface area contributed by atoms with Crippen molar-refractivity contribution in [2.24, 2.45) is 0 Å². The van der Waals surface area contributed by atoms with E-state index in [0.717, 1.165) is 16.8 Å². The molecule has 1 fully saturated rings. The molecule has 0 saturated carbocycles. The minimum atomic E-state index is -1.42. The molecule has 0 radical (unpaired) electrons. The average Bonchev–Trinajstić information content (AvgIpc) is 2.88. The topological polar surface area (TPSA) is 116 Å². The van der Waals surface area contributed by atoms with Gasteiger partial charge in [0.1, 0.15) is 11.1 Å². The van der Waals surface area contributed by atoms with Crippen molar-refractivity contribution < 1.29 is 14.7 Å². The molecule has 188 valence electrons. The average molecular weight is 508 g/mol. The number of aliphatic hydroxyl groups is 1. The lowest BCUT2D eigenvalue weighted by Gasteiger charge is -2.43. The number of rotatable bonds is 4. The standard InChI is InChI=1S/C25H29N7O3S/c1-25(2,35)22(33)31-9-7-17(8-10-31)32-21-16(14-30(3)24(32)34)13-26-19-6-5-18(29-20(19)21)15-11-27-23(36-4)28-12-15/h5-6,11-13,17,35H,7-10,14H2,1-4H3. The number of likely N-dealkylation sites (tertiary alicyclic amines) is 1. The van der Waals surface area contributed by atoms with E-state index in [2.05, 4.69) is 15.0 Å². The Morgan fingerprint density at radius 1 is 1.11 bits per heavy atom. The van der Waals surface area contributed by atoms with E-state index in [0.29, 0.717) is 54.4 Å². The molecule has 0 atom stereocenters. The lowest BCUT2D eigenvalue weighted by atomic mass is 9.98. The third-order valence-electron chi connectivity index (χ3n) is 6.69. The summed E-state index contributed by atoms with van der Waals surface area (Å²) in [5, 5.41) is 10.8. The van der Waals surface area contributed by atoms with Gasteiger partial charge in [-0.25, -0.2) is 19.7 Å². The van der Waals surface area contributed by atoms with E-state index in [1.54, 1.807) is 29.2 Å². The summed E-state index contributed by atoms with van der Waals surface area (Å²) in [4.78, 5) is 49.5. The van der Waals surface area contributed by atoms with Crippen LogP contribution in [0.25, 0.3) is 22.3 Å². The van der Waals surface area contributed by atoms with Crippen LogP contribution in [-0.4, -0.2) is 84.8 Å². The highest BCUT2D eigenvalue weighted by atomic mass is 32.2. The van der Waals surface area contributed by atoms with Crippen molar-refractivity contribution in [1.29, 1.82) is 0 Å². The molecule has 0 spiro atoms. The number of thioether (sulfide) groups is 1. The molecular weight excluding hydrogens is 478 g/mol. The van der Waals surface area contributed by atoms with Gasteiger partial charge in [0.15, 0.2) is 5.16 Å². The van der Waals surface area contributed by atoms with Crippen LogP contribution in [0.1, 0.15) is 32.3 Å². The maximum atomic E-state index is 13.5. The van der Waals surface area contributed by atoms with Gasteiger partial charge in [-0.15, -0.1) is 0 Å². The molecule has 1 N–H and O–H groups in total. The number of piperidine rings is 1. The minimum Gasteiger partial charge on any atom is -0.381 e. The van der Waals surface area contributed by atoms with Crippen molar-refractivity contribution >= 4 is 40.4 Å². The quantitative estimate of drug-likeness (QED) is 0.423. The van der Waals surface area contributed by atoms with Gasteiger partial charge in [-0.05, 0) is 45.1 Å². The van der Waals surface area contributed by atoms with Crippen molar-refractivity contribution in [2.45, 2.75) is 50.0 Å². The van der Waals surface area contributed by atoms with Crippen LogP contribution < -0.4 is 4.90 Å². The summed E-state index contributed by atoms with van der Waals surface area (Å²) in [5.41, 5.74) is 3.16. The van der Waals surface area contributed by atoms with Crippen LogP contribution in [0.5, 0.6) is 0 Å². The molecule has 3 amide bonds. The smallest absolute Gasteiger partial charge is 0.324 e. The normalized spacial score (nSPS) is 17.0. The van der Waals surface area contributed by atoms with Gasteiger partial charge in [0.25, 0.3) is 5.91 Å². The SMILES string of the molecule is CSc1ncc(-c2ccc3ncc4c(c3n2)N(C2CCN(C(=O)C(C)(C)O)CC2)C(=O)N(C)C4)cn1. The zero-order chi connectivity index (χ0) is 25.6. The maximum Gasteiger partial charge on any atom is 0.324 e. The molecule has 36 heavy (non-hydrogen) atoms. The number of aromatic nitrogens is 4. The summed E-state index contributed by atoms with van der Waals surface area (Å²) in [6.45, 7) is 4.39. The van der Waals surface area contributed by atoms with Gasteiger partial charge in [0, 0.05) is 55.9 Å². The van der Waals surface area contributed by atoms with Crippen LogP contribution in [0.15, 0.2) is 35.9 Å². The summed E-state index contributed by atoms with van der Waals surface area (Å²) < 4.78 is 0. The van der Waals surface area contributed by atoms with Crippen molar-refractivity contribution in [3.63, 3.8) is 0 Å². The van der Waals surface area contributed by atoms with Crippen molar-refractivity contribution in [2.75, 3.05) is 31.3 Å². The second kappa shape index (κ2) is 9.29. The van der Waals surface area contributed by atoms with E-state index in [4.69, 9.17) is 4.98 Å². The Morgan fingerprint density at radius 2 is 1.81 bits per heavy atom. The Kier molecular flexibility index (Phi) is 6.29. The van der Waals surface area contributed by atoms with Gasteiger partial charge >= 0.3 is 6.03 Å². The third kappa shape index (κ3) is 4.37. The number of pyridine rings is 2. The van der Waals surface area contributed by atoms with E-state index in [-0.39, 0.29) is 18.0 Å². The fourth-order valence-corrected chi connectivity index (χ4v) is 5.16. The highest BCUT2D eigenvalue weighted by molar-refractivity contribution is 7.98. The number of hydrogen-bond acceptors (Lipinski definition) is 8. The predicted octanol–water partition coefficient (Wildman–Crippen LogP) is 2.94. The monoisotopic (exact) mass is 507 g/mol. The third-order valence-corrected chi connectivity index (χ3v) is 7.27. The van der Waals surface area contributed by atoms with E-state index in [9.17, 15) is 14.7 Å². The van der Waals surface area contributed by atoms with E-state index in [1.165, 1.54) is 25.6 Å². The largest absolute Gasteiger partial charge is 0.381 e. The van der Waals surface area contributed by atoms with Crippen molar-refractivity contribution in [3.05, 3.63) is 36.3 Å². The Morgan fingerprint density at radius 3 is 2.44 bits per heavy atom.